The number of rotatable bonds is 7. The summed E-state index contributed by atoms with van der Waals surface area (Å²) in [5.41, 5.74) is 1.31. The van der Waals surface area contributed by atoms with Crippen LogP contribution < -0.4 is 15.4 Å². The molecule has 1 aliphatic heterocycles. The molecule has 0 bridgehead atoms. The minimum Gasteiger partial charge on any atom is -0.491 e. The molecule has 1 amide bonds. The lowest BCUT2D eigenvalue weighted by molar-refractivity contribution is -0.114. The van der Waals surface area contributed by atoms with Gasteiger partial charge in [0.15, 0.2) is 5.83 Å². The maximum Gasteiger partial charge on any atom is 0.283 e. The summed E-state index contributed by atoms with van der Waals surface area (Å²) in [5, 5.41) is 6.07. The third-order valence-corrected chi connectivity index (χ3v) is 5.90. The van der Waals surface area contributed by atoms with Gasteiger partial charge >= 0.3 is 0 Å². The molecular weight excluding hydrogens is 464 g/mol. The summed E-state index contributed by atoms with van der Waals surface area (Å²) < 4.78 is 33.0. The number of ether oxygens (including phenoxy) is 1. The van der Waals surface area contributed by atoms with Crippen molar-refractivity contribution in [2.24, 2.45) is 5.92 Å². The number of nitrogens with one attached hydrogen (secondary N) is 2. The lowest BCUT2D eigenvalue weighted by Gasteiger charge is -2.29. The van der Waals surface area contributed by atoms with Crippen LogP contribution in [-0.2, 0) is 4.79 Å². The van der Waals surface area contributed by atoms with Crippen molar-refractivity contribution in [3.63, 3.8) is 0 Å². The summed E-state index contributed by atoms with van der Waals surface area (Å²) in [5.74, 6) is -1.54. The Morgan fingerprint density at radius 1 is 1.32 bits per heavy atom. The first-order valence-corrected chi connectivity index (χ1v) is 11.2. The molecule has 2 heterocycles. The second kappa shape index (κ2) is 10.3. The molecule has 0 radical (unpaired) electrons. The molecule has 178 valence electrons. The summed E-state index contributed by atoms with van der Waals surface area (Å²) in [6, 6.07) is 7.46. The van der Waals surface area contributed by atoms with E-state index in [0.717, 1.165) is 25.9 Å². The number of fused-ring (bicyclic) bond motifs is 1. The van der Waals surface area contributed by atoms with Crippen molar-refractivity contribution < 1.29 is 18.3 Å². The first-order valence-electron chi connectivity index (χ1n) is 10.8. The smallest absolute Gasteiger partial charge is 0.283 e. The van der Waals surface area contributed by atoms with Crippen LogP contribution in [0.1, 0.15) is 12.8 Å². The Labute approximate surface area is 200 Å². The van der Waals surface area contributed by atoms with E-state index in [1.54, 1.807) is 12.1 Å². The number of likely N-dealkylation sites (tertiary alicyclic amines) is 1. The molecule has 1 atom stereocenters. The highest BCUT2D eigenvalue weighted by Crippen LogP contribution is 2.34. The van der Waals surface area contributed by atoms with Crippen LogP contribution in [0, 0.1) is 11.7 Å². The average molecular weight is 488 g/mol. The monoisotopic (exact) mass is 487 g/mol. The SMILES string of the molecule is C=C(F)C(=O)Nc1cc2c(Nc3ccc(F)c(Cl)c3)ncnc2cc1OC[C@@H]1CCCN(C)C1. The fourth-order valence-electron chi connectivity index (χ4n) is 3.92. The van der Waals surface area contributed by atoms with Gasteiger partial charge < -0.3 is 20.3 Å². The molecule has 4 rings (SSSR count). The van der Waals surface area contributed by atoms with E-state index in [1.807, 2.05) is 0 Å². The Morgan fingerprint density at radius 2 is 2.15 bits per heavy atom. The Hall–Kier alpha value is -3.30. The lowest BCUT2D eigenvalue weighted by Crippen LogP contribution is -2.34. The number of hydrogen-bond acceptors (Lipinski definition) is 6. The van der Waals surface area contributed by atoms with Crippen molar-refractivity contribution in [2.75, 3.05) is 37.4 Å². The van der Waals surface area contributed by atoms with Crippen LogP contribution in [0.4, 0.5) is 26.0 Å². The highest BCUT2D eigenvalue weighted by molar-refractivity contribution is 6.31. The maximum atomic E-state index is 13.5. The van der Waals surface area contributed by atoms with E-state index < -0.39 is 17.6 Å². The zero-order chi connectivity index (χ0) is 24.2. The van der Waals surface area contributed by atoms with Crippen molar-refractivity contribution in [1.29, 1.82) is 0 Å². The summed E-state index contributed by atoms with van der Waals surface area (Å²) >= 11 is 5.88. The van der Waals surface area contributed by atoms with Crippen molar-refractivity contribution in [2.45, 2.75) is 12.8 Å². The van der Waals surface area contributed by atoms with Crippen molar-refractivity contribution in [3.8, 4) is 5.75 Å². The van der Waals surface area contributed by atoms with Gasteiger partial charge in [0.1, 0.15) is 23.7 Å². The number of aromatic nitrogens is 2. The van der Waals surface area contributed by atoms with E-state index in [9.17, 15) is 13.6 Å². The lowest BCUT2D eigenvalue weighted by atomic mass is 9.99. The van der Waals surface area contributed by atoms with Crippen LogP contribution in [0.5, 0.6) is 5.75 Å². The third kappa shape index (κ3) is 5.60. The van der Waals surface area contributed by atoms with Gasteiger partial charge in [-0.3, -0.25) is 4.79 Å². The molecule has 1 aliphatic rings. The number of carbonyl (C=O) groups is 1. The molecule has 3 aromatic rings. The number of amides is 1. The second-order valence-corrected chi connectivity index (χ2v) is 8.69. The summed E-state index contributed by atoms with van der Waals surface area (Å²) in [6.45, 7) is 5.46. The first kappa shape index (κ1) is 23.8. The average Bonchev–Trinajstić information content (AvgIpc) is 2.80. The number of piperidine rings is 1. The third-order valence-electron chi connectivity index (χ3n) is 5.61. The van der Waals surface area contributed by atoms with Gasteiger partial charge in [0.2, 0.25) is 0 Å². The number of nitrogens with zero attached hydrogens (tertiary/aromatic N) is 3. The molecule has 0 aliphatic carbocycles. The second-order valence-electron chi connectivity index (χ2n) is 8.28. The van der Waals surface area contributed by atoms with Crippen LogP contribution in [0.15, 0.2) is 49.1 Å². The molecule has 1 saturated heterocycles. The minimum absolute atomic E-state index is 0.0400. The van der Waals surface area contributed by atoms with Gasteiger partial charge in [-0.1, -0.05) is 18.2 Å². The minimum atomic E-state index is -1.12. The van der Waals surface area contributed by atoms with Crippen molar-refractivity contribution in [1.82, 2.24) is 14.9 Å². The number of carbonyl (C=O) groups excluding carboxylic acids is 1. The van der Waals surface area contributed by atoms with Crippen molar-refractivity contribution in [3.05, 3.63) is 59.9 Å². The van der Waals surface area contributed by atoms with Crippen LogP contribution in [0.3, 0.4) is 0 Å². The Bertz CT molecular complexity index is 1240. The van der Waals surface area contributed by atoms with E-state index in [4.69, 9.17) is 16.3 Å². The number of anilines is 3. The molecule has 7 nitrogen and oxygen atoms in total. The van der Waals surface area contributed by atoms with Crippen LogP contribution in [0.2, 0.25) is 5.02 Å². The zero-order valence-electron chi connectivity index (χ0n) is 18.6. The largest absolute Gasteiger partial charge is 0.491 e. The van der Waals surface area contributed by atoms with Gasteiger partial charge in [0, 0.05) is 29.6 Å². The topological polar surface area (TPSA) is 79.4 Å². The molecule has 0 spiro atoms. The van der Waals surface area contributed by atoms with Crippen molar-refractivity contribution >= 4 is 45.6 Å². The van der Waals surface area contributed by atoms with Gasteiger partial charge in [-0.05, 0) is 50.7 Å². The van der Waals surface area contributed by atoms with Gasteiger partial charge in [-0.2, -0.15) is 0 Å². The standard InChI is InChI=1S/C24H24ClF2N5O2/c1-14(26)24(33)31-21-9-17-20(10-22(21)34-12-15-4-3-7-32(2)11-15)28-13-29-23(17)30-16-5-6-19(27)18(25)8-16/h5-6,8-10,13,15H,1,3-4,7,11-12H2,2H3,(H,31,33)(H,28,29,30)/t15-/m1/s1. The van der Waals surface area contributed by atoms with E-state index in [0.29, 0.717) is 40.7 Å². The van der Waals surface area contributed by atoms with E-state index in [-0.39, 0.29) is 10.7 Å². The zero-order valence-corrected chi connectivity index (χ0v) is 19.3. The molecule has 0 saturated carbocycles. The summed E-state index contributed by atoms with van der Waals surface area (Å²) in [6.07, 6.45) is 3.50. The van der Waals surface area contributed by atoms with Gasteiger partial charge in [0.25, 0.3) is 5.91 Å². The molecule has 34 heavy (non-hydrogen) atoms. The van der Waals surface area contributed by atoms with Gasteiger partial charge in [-0.25, -0.2) is 18.7 Å². The summed E-state index contributed by atoms with van der Waals surface area (Å²) in [7, 11) is 2.07. The fraction of sp³-hybridized carbons (Fsp3) is 0.292. The first-order chi connectivity index (χ1) is 16.3. The highest BCUT2D eigenvalue weighted by atomic mass is 35.5. The van der Waals surface area contributed by atoms with Crippen LogP contribution in [-0.4, -0.2) is 47.5 Å². The van der Waals surface area contributed by atoms with Crippen LogP contribution in [0.25, 0.3) is 10.9 Å². The molecule has 2 N–H and O–H groups in total. The van der Waals surface area contributed by atoms with E-state index >= 15 is 0 Å². The Morgan fingerprint density at radius 3 is 2.88 bits per heavy atom. The van der Waals surface area contributed by atoms with Gasteiger partial charge in [0.05, 0.1) is 22.8 Å². The number of hydrogen-bond donors (Lipinski definition) is 2. The number of halogens is 3. The summed E-state index contributed by atoms with van der Waals surface area (Å²) in [4.78, 5) is 22.9. The number of benzene rings is 2. The fourth-order valence-corrected chi connectivity index (χ4v) is 4.10. The van der Waals surface area contributed by atoms with E-state index in [2.05, 4.69) is 39.1 Å². The molecule has 1 aromatic heterocycles. The Kier molecular flexibility index (Phi) is 7.23. The predicted molar refractivity (Wildman–Crippen MR) is 129 cm³/mol. The predicted octanol–water partition coefficient (Wildman–Crippen LogP) is 5.31. The highest BCUT2D eigenvalue weighted by Gasteiger charge is 2.20. The maximum absolute atomic E-state index is 13.5. The molecular formula is C24H24ClF2N5O2. The molecule has 0 unspecified atom stereocenters. The molecule has 2 aromatic carbocycles. The molecule has 10 heteroatoms. The van der Waals surface area contributed by atoms with Gasteiger partial charge in [-0.15, -0.1) is 0 Å². The Balaban J connectivity index is 1.67. The normalized spacial score (nSPS) is 16.3. The van der Waals surface area contributed by atoms with Crippen LogP contribution >= 0.6 is 11.6 Å². The quantitative estimate of drug-likeness (QED) is 0.440. The molecule has 1 fully saturated rings. The van der Waals surface area contributed by atoms with E-state index in [1.165, 1.54) is 24.5 Å².